The minimum atomic E-state index is -0.535. The minimum Gasteiger partial charge on any atom is -0.322 e. The topological polar surface area (TPSA) is 72.2 Å². The van der Waals surface area contributed by atoms with Gasteiger partial charge >= 0.3 is 0 Å². The largest absolute Gasteiger partial charge is 0.322 e. The summed E-state index contributed by atoms with van der Waals surface area (Å²) in [6.45, 7) is 1.61. The van der Waals surface area contributed by atoms with Crippen LogP contribution in [0.2, 0.25) is 0 Å². The molecule has 0 aliphatic heterocycles. The van der Waals surface area contributed by atoms with Gasteiger partial charge < -0.3 is 5.32 Å². The molecule has 0 saturated carbocycles. The molecule has 0 bridgehead atoms. The molecule has 6 heteroatoms. The van der Waals surface area contributed by atoms with E-state index in [9.17, 15) is 14.9 Å². The second-order valence-corrected chi connectivity index (χ2v) is 6.44. The summed E-state index contributed by atoms with van der Waals surface area (Å²) in [5, 5.41) is 15.9. The Labute approximate surface area is 154 Å². The van der Waals surface area contributed by atoms with E-state index in [1.807, 2.05) is 23.6 Å². The number of aryl methyl sites for hydroxylation is 1. The van der Waals surface area contributed by atoms with Gasteiger partial charge in [-0.1, -0.05) is 36.1 Å². The Bertz CT molecular complexity index is 1030. The highest BCUT2D eigenvalue weighted by Gasteiger charge is 2.22. The number of nitro benzene ring substituents is 1. The molecule has 3 rings (SSSR count). The van der Waals surface area contributed by atoms with Crippen molar-refractivity contribution in [2.24, 2.45) is 0 Å². The number of hydrogen-bond acceptors (Lipinski definition) is 4. The summed E-state index contributed by atoms with van der Waals surface area (Å²) in [6, 6.07) is 15.6. The van der Waals surface area contributed by atoms with Crippen LogP contribution < -0.4 is 5.32 Å². The first-order chi connectivity index (χ1) is 12.5. The maximum Gasteiger partial charge on any atom is 0.285 e. The van der Waals surface area contributed by atoms with Crippen LogP contribution in [0.3, 0.4) is 0 Å². The molecule has 0 saturated heterocycles. The van der Waals surface area contributed by atoms with Crippen LogP contribution in [0.15, 0.2) is 60.0 Å². The first-order valence-electron chi connectivity index (χ1n) is 7.75. The summed E-state index contributed by atoms with van der Waals surface area (Å²) in [6.07, 6.45) is 0. The maximum atomic E-state index is 12.5. The van der Waals surface area contributed by atoms with E-state index in [1.165, 1.54) is 6.07 Å². The maximum absolute atomic E-state index is 12.5. The van der Waals surface area contributed by atoms with Crippen molar-refractivity contribution in [2.45, 2.75) is 6.92 Å². The van der Waals surface area contributed by atoms with Gasteiger partial charge in [-0.2, -0.15) is 0 Å². The van der Waals surface area contributed by atoms with Crippen molar-refractivity contribution in [3.63, 3.8) is 0 Å². The molecule has 0 atom stereocenters. The number of benzene rings is 2. The normalized spacial score (nSPS) is 9.88. The number of amides is 1. The molecule has 1 heterocycles. The van der Waals surface area contributed by atoms with Gasteiger partial charge in [0.2, 0.25) is 0 Å². The predicted molar refractivity (Wildman–Crippen MR) is 103 cm³/mol. The quantitative estimate of drug-likeness (QED) is 0.420. The van der Waals surface area contributed by atoms with E-state index in [0.29, 0.717) is 11.3 Å². The number of rotatable bonds is 3. The van der Waals surface area contributed by atoms with Crippen LogP contribution in [0, 0.1) is 28.9 Å². The zero-order valence-electron chi connectivity index (χ0n) is 13.9. The molecule has 1 aromatic heterocycles. The van der Waals surface area contributed by atoms with Gasteiger partial charge in [0.1, 0.15) is 5.56 Å². The van der Waals surface area contributed by atoms with Gasteiger partial charge in [0.25, 0.3) is 11.6 Å². The summed E-state index contributed by atoms with van der Waals surface area (Å²) in [5.74, 6) is 5.57. The van der Waals surface area contributed by atoms with Gasteiger partial charge in [-0.15, -0.1) is 11.3 Å². The lowest BCUT2D eigenvalue weighted by atomic mass is 10.1. The van der Waals surface area contributed by atoms with E-state index < -0.39 is 10.8 Å². The van der Waals surface area contributed by atoms with Crippen LogP contribution >= 0.6 is 11.3 Å². The highest BCUT2D eigenvalue weighted by Crippen LogP contribution is 2.24. The number of para-hydroxylation sites is 1. The highest BCUT2D eigenvalue weighted by molar-refractivity contribution is 7.10. The van der Waals surface area contributed by atoms with Crippen LogP contribution in [-0.4, -0.2) is 10.8 Å². The number of nitrogens with zero attached hydrogens (tertiary/aromatic N) is 1. The lowest BCUT2D eigenvalue weighted by Crippen LogP contribution is -2.14. The first kappa shape index (κ1) is 17.4. The molecular weight excluding hydrogens is 348 g/mol. The summed E-state index contributed by atoms with van der Waals surface area (Å²) in [4.78, 5) is 24.2. The molecule has 0 fully saturated rings. The molecule has 0 aliphatic carbocycles. The SMILES string of the molecule is Cc1cccc(C(=O)Nc2cccc(C#Cc3cccs3)c2)c1[N+](=O)[O-]. The zero-order chi connectivity index (χ0) is 18.5. The van der Waals surface area contributed by atoms with E-state index in [0.717, 1.165) is 10.4 Å². The minimum absolute atomic E-state index is 0.0325. The third kappa shape index (κ3) is 3.97. The Morgan fingerprint density at radius 1 is 1.12 bits per heavy atom. The number of carbonyl (C=O) groups excluding carboxylic acids is 1. The monoisotopic (exact) mass is 362 g/mol. The molecule has 1 N–H and O–H groups in total. The van der Waals surface area contributed by atoms with Crippen LogP contribution in [0.4, 0.5) is 11.4 Å². The molecule has 3 aromatic rings. The molecule has 0 radical (unpaired) electrons. The van der Waals surface area contributed by atoms with Gasteiger partial charge in [-0.25, -0.2) is 0 Å². The predicted octanol–water partition coefficient (Wildman–Crippen LogP) is 4.62. The summed E-state index contributed by atoms with van der Waals surface area (Å²) in [5.41, 5.74) is 1.57. The Balaban J connectivity index is 1.84. The van der Waals surface area contributed by atoms with Gasteiger partial charge in [0.05, 0.1) is 9.80 Å². The molecule has 128 valence electrons. The lowest BCUT2D eigenvalue weighted by molar-refractivity contribution is -0.385. The van der Waals surface area contributed by atoms with Crippen molar-refractivity contribution in [1.29, 1.82) is 0 Å². The number of anilines is 1. The molecule has 2 aromatic carbocycles. The van der Waals surface area contributed by atoms with Crippen LogP contribution in [0.1, 0.15) is 26.4 Å². The second-order valence-electron chi connectivity index (χ2n) is 5.49. The zero-order valence-corrected chi connectivity index (χ0v) is 14.7. The van der Waals surface area contributed by atoms with Gasteiger partial charge in [-0.05, 0) is 42.6 Å². The second kappa shape index (κ2) is 7.64. The standard InChI is InChI=1S/C20H14N2O3S/c1-14-5-2-9-18(19(14)22(24)25)20(23)21-16-7-3-6-15(13-16)10-11-17-8-4-12-26-17/h2-9,12-13H,1H3,(H,21,23). The van der Waals surface area contributed by atoms with Gasteiger partial charge in [-0.3, -0.25) is 14.9 Å². The third-order valence-corrected chi connectivity index (χ3v) is 4.42. The van der Waals surface area contributed by atoms with E-state index in [4.69, 9.17) is 0 Å². The van der Waals surface area contributed by atoms with Gasteiger partial charge in [0, 0.05) is 16.8 Å². The van der Waals surface area contributed by atoms with Crippen molar-refractivity contribution in [1.82, 2.24) is 0 Å². The molecule has 26 heavy (non-hydrogen) atoms. The first-order valence-corrected chi connectivity index (χ1v) is 8.63. The Morgan fingerprint density at radius 2 is 1.92 bits per heavy atom. The molecule has 0 unspecified atom stereocenters. The fraction of sp³-hybridized carbons (Fsp3) is 0.0500. The highest BCUT2D eigenvalue weighted by atomic mass is 32.1. The fourth-order valence-electron chi connectivity index (χ4n) is 2.44. The molecule has 5 nitrogen and oxygen atoms in total. The van der Waals surface area contributed by atoms with Crippen molar-refractivity contribution in [3.05, 3.63) is 91.7 Å². The average Bonchev–Trinajstić information content (AvgIpc) is 3.13. The Morgan fingerprint density at radius 3 is 2.65 bits per heavy atom. The van der Waals surface area contributed by atoms with Crippen LogP contribution in [-0.2, 0) is 0 Å². The van der Waals surface area contributed by atoms with Gasteiger partial charge in [0.15, 0.2) is 0 Å². The Hall–Kier alpha value is -3.43. The van der Waals surface area contributed by atoms with E-state index in [1.54, 1.807) is 48.6 Å². The molecule has 1 amide bonds. The van der Waals surface area contributed by atoms with Crippen molar-refractivity contribution >= 4 is 28.6 Å². The van der Waals surface area contributed by atoms with Crippen molar-refractivity contribution in [3.8, 4) is 11.8 Å². The summed E-state index contributed by atoms with van der Waals surface area (Å²) in [7, 11) is 0. The van der Waals surface area contributed by atoms with Crippen LogP contribution in [0.25, 0.3) is 0 Å². The van der Waals surface area contributed by atoms with E-state index in [-0.39, 0.29) is 11.3 Å². The summed E-state index contributed by atoms with van der Waals surface area (Å²) >= 11 is 1.55. The Kier molecular flexibility index (Phi) is 5.11. The van der Waals surface area contributed by atoms with Crippen molar-refractivity contribution < 1.29 is 9.72 Å². The fourth-order valence-corrected chi connectivity index (χ4v) is 3.01. The number of hydrogen-bond donors (Lipinski definition) is 1. The molecule has 0 spiro atoms. The lowest BCUT2D eigenvalue weighted by Gasteiger charge is -2.07. The number of nitrogens with one attached hydrogen (secondary N) is 1. The summed E-state index contributed by atoms with van der Waals surface area (Å²) < 4.78 is 0. The van der Waals surface area contributed by atoms with Crippen molar-refractivity contribution in [2.75, 3.05) is 5.32 Å². The van der Waals surface area contributed by atoms with E-state index in [2.05, 4.69) is 17.2 Å². The van der Waals surface area contributed by atoms with Crippen LogP contribution in [0.5, 0.6) is 0 Å². The average molecular weight is 362 g/mol. The number of nitro groups is 1. The van der Waals surface area contributed by atoms with E-state index >= 15 is 0 Å². The number of carbonyl (C=O) groups is 1. The third-order valence-electron chi connectivity index (χ3n) is 3.64. The molecule has 0 aliphatic rings. The molecular formula is C20H14N2O3S. The number of thiophene rings is 1. The smallest absolute Gasteiger partial charge is 0.285 e.